The van der Waals surface area contributed by atoms with Gasteiger partial charge in [-0.3, -0.25) is 4.99 Å². The third-order valence-corrected chi connectivity index (χ3v) is 7.61. The predicted molar refractivity (Wildman–Crippen MR) is 150 cm³/mol. The number of piperazine rings is 1. The van der Waals surface area contributed by atoms with Crippen LogP contribution in [0, 0.1) is 11.6 Å². The van der Waals surface area contributed by atoms with Crippen LogP contribution < -0.4 is 9.80 Å². The molecule has 4 aromatic rings. The smallest absolute Gasteiger partial charge is 0.135 e. The number of hydrogen-bond acceptors (Lipinski definition) is 4. The van der Waals surface area contributed by atoms with Crippen LogP contribution in [0.4, 0.5) is 20.3 Å². The molecule has 0 amide bonds. The highest BCUT2D eigenvalue weighted by Crippen LogP contribution is 2.33. The van der Waals surface area contributed by atoms with Crippen LogP contribution in [0.25, 0.3) is 11.1 Å². The van der Waals surface area contributed by atoms with Crippen molar-refractivity contribution in [3.63, 3.8) is 0 Å². The Labute approximate surface area is 226 Å². The number of benzene rings is 3. The van der Waals surface area contributed by atoms with Gasteiger partial charge in [-0.05, 0) is 66.4 Å². The minimum absolute atomic E-state index is 0.00339. The number of rotatable bonds is 5. The van der Waals surface area contributed by atoms with Crippen molar-refractivity contribution in [2.24, 2.45) is 4.99 Å². The van der Waals surface area contributed by atoms with E-state index in [1.807, 2.05) is 36.5 Å². The molecule has 4 nitrogen and oxygen atoms in total. The zero-order valence-electron chi connectivity index (χ0n) is 20.8. The molecule has 1 unspecified atom stereocenters. The van der Waals surface area contributed by atoms with Crippen LogP contribution in [0.2, 0.25) is 5.02 Å². The van der Waals surface area contributed by atoms with Crippen LogP contribution in [0.3, 0.4) is 0 Å². The van der Waals surface area contributed by atoms with E-state index in [-0.39, 0.29) is 11.6 Å². The summed E-state index contributed by atoms with van der Waals surface area (Å²) >= 11 is 6.16. The second kappa shape index (κ2) is 10.5. The van der Waals surface area contributed by atoms with Crippen molar-refractivity contribution in [1.29, 1.82) is 0 Å². The summed E-state index contributed by atoms with van der Waals surface area (Å²) < 4.78 is 28.4. The van der Waals surface area contributed by atoms with Crippen molar-refractivity contribution in [1.82, 2.24) is 4.98 Å². The van der Waals surface area contributed by atoms with Gasteiger partial charge in [0.25, 0.3) is 0 Å². The van der Waals surface area contributed by atoms with Gasteiger partial charge in [-0.25, -0.2) is 13.8 Å². The Balaban J connectivity index is 1.10. The largest absolute Gasteiger partial charge is 0.368 e. The quantitative estimate of drug-likeness (QED) is 0.272. The van der Waals surface area contributed by atoms with Crippen LogP contribution in [0.1, 0.15) is 30.0 Å². The summed E-state index contributed by atoms with van der Waals surface area (Å²) in [6, 6.07) is 24.2. The maximum atomic E-state index is 14.2. The zero-order valence-corrected chi connectivity index (χ0v) is 21.6. The number of nitrogens with zero attached hydrogens (tertiary/aromatic N) is 4. The molecular formula is C31H27ClF2N4. The fraction of sp³-hybridized carbons (Fsp3) is 0.226. The molecule has 2 aliphatic heterocycles. The van der Waals surface area contributed by atoms with Crippen molar-refractivity contribution in [2.75, 3.05) is 36.0 Å². The van der Waals surface area contributed by atoms with E-state index in [0.717, 1.165) is 65.8 Å². The molecule has 0 N–H and O–H groups in total. The third-order valence-electron chi connectivity index (χ3n) is 7.37. The second-order valence-electron chi connectivity index (χ2n) is 9.71. The molecule has 0 bridgehead atoms. The van der Waals surface area contributed by atoms with Crippen molar-refractivity contribution >= 4 is 28.8 Å². The lowest BCUT2D eigenvalue weighted by molar-refractivity contribution is 0.578. The first-order chi connectivity index (χ1) is 18.5. The molecule has 0 spiro atoms. The van der Waals surface area contributed by atoms with Gasteiger partial charge >= 0.3 is 0 Å². The number of pyridine rings is 1. The number of aliphatic imine (C=N–C) groups is 1. The van der Waals surface area contributed by atoms with Gasteiger partial charge in [0.15, 0.2) is 0 Å². The standard InChI is InChI=1S/C31H27ClF2N4/c32-24-3-1-4-25(19-24)37-15-17-38(18-16-37)30-14-11-23(20-35-30)21-7-9-22(10-8-21)28-12-13-29(36-28)31-26(33)5-2-6-27(31)34/h1-11,14,19-20,28H,12-13,15-18H2. The third kappa shape index (κ3) is 5.01. The van der Waals surface area contributed by atoms with E-state index in [1.165, 1.54) is 18.2 Å². The summed E-state index contributed by atoms with van der Waals surface area (Å²) in [5, 5.41) is 0.758. The number of aromatic nitrogens is 1. The van der Waals surface area contributed by atoms with Gasteiger partial charge in [-0.1, -0.05) is 48.0 Å². The van der Waals surface area contributed by atoms with Crippen LogP contribution in [0.5, 0.6) is 0 Å². The Morgan fingerprint density at radius 1 is 0.763 bits per heavy atom. The number of halogens is 3. The first-order valence-electron chi connectivity index (χ1n) is 12.9. The number of hydrogen-bond donors (Lipinski definition) is 0. The molecule has 0 saturated carbocycles. The fourth-order valence-corrected chi connectivity index (χ4v) is 5.49. The average molecular weight is 529 g/mol. The molecule has 0 aliphatic carbocycles. The van der Waals surface area contributed by atoms with Crippen molar-refractivity contribution < 1.29 is 8.78 Å². The van der Waals surface area contributed by atoms with Gasteiger partial charge in [-0.2, -0.15) is 0 Å². The molecule has 1 atom stereocenters. The van der Waals surface area contributed by atoms with E-state index < -0.39 is 11.6 Å². The number of anilines is 2. The molecule has 3 aromatic carbocycles. The molecule has 2 aliphatic rings. The summed E-state index contributed by atoms with van der Waals surface area (Å²) in [4.78, 5) is 14.1. The van der Waals surface area contributed by atoms with E-state index in [0.29, 0.717) is 12.1 Å². The topological polar surface area (TPSA) is 31.7 Å². The van der Waals surface area contributed by atoms with Gasteiger partial charge in [0.1, 0.15) is 17.5 Å². The Kier molecular flexibility index (Phi) is 6.81. The highest BCUT2D eigenvalue weighted by Gasteiger charge is 2.24. The first kappa shape index (κ1) is 24.6. The van der Waals surface area contributed by atoms with Crippen LogP contribution in [-0.4, -0.2) is 36.9 Å². The molecule has 0 radical (unpaired) electrons. The Hall–Kier alpha value is -3.77. The first-order valence-corrected chi connectivity index (χ1v) is 13.3. The summed E-state index contributed by atoms with van der Waals surface area (Å²) in [5.74, 6) is -0.137. The predicted octanol–water partition coefficient (Wildman–Crippen LogP) is 7.33. The van der Waals surface area contributed by atoms with E-state index in [2.05, 4.69) is 45.1 Å². The fourth-order valence-electron chi connectivity index (χ4n) is 5.30. The maximum Gasteiger partial charge on any atom is 0.135 e. The normalized spacial score (nSPS) is 17.6. The zero-order chi connectivity index (χ0) is 26.1. The molecular weight excluding hydrogens is 502 g/mol. The van der Waals surface area contributed by atoms with Gasteiger partial charge in [0.05, 0.1) is 11.6 Å². The summed E-state index contributed by atoms with van der Waals surface area (Å²) in [7, 11) is 0. The molecule has 1 fully saturated rings. The molecule has 1 aromatic heterocycles. The van der Waals surface area contributed by atoms with Crippen molar-refractivity contribution in [3.05, 3.63) is 113 Å². The molecule has 6 rings (SSSR count). The van der Waals surface area contributed by atoms with Crippen LogP contribution >= 0.6 is 11.6 Å². The highest BCUT2D eigenvalue weighted by molar-refractivity contribution is 6.30. The minimum Gasteiger partial charge on any atom is -0.368 e. The van der Waals surface area contributed by atoms with Gasteiger partial charge in [0.2, 0.25) is 0 Å². The van der Waals surface area contributed by atoms with Crippen LogP contribution in [0.15, 0.2) is 90.1 Å². The van der Waals surface area contributed by atoms with Crippen molar-refractivity contribution in [3.8, 4) is 11.1 Å². The Morgan fingerprint density at radius 3 is 2.13 bits per heavy atom. The molecule has 192 valence electrons. The van der Waals surface area contributed by atoms with Gasteiger partial charge < -0.3 is 9.80 Å². The monoisotopic (exact) mass is 528 g/mol. The van der Waals surface area contributed by atoms with Crippen molar-refractivity contribution in [2.45, 2.75) is 18.9 Å². The molecule has 7 heteroatoms. The summed E-state index contributed by atoms with van der Waals surface area (Å²) in [5.41, 5.74) is 4.82. The second-order valence-corrected chi connectivity index (χ2v) is 10.1. The van der Waals surface area contributed by atoms with Gasteiger partial charge in [0, 0.05) is 54.4 Å². The minimum atomic E-state index is -0.557. The SMILES string of the molecule is Fc1cccc(F)c1C1=NC(c2ccc(-c3ccc(N4CCN(c5cccc(Cl)c5)CC4)nc3)cc2)CC1. The lowest BCUT2D eigenvalue weighted by Gasteiger charge is -2.36. The molecule has 3 heterocycles. The Bertz CT molecular complexity index is 1440. The van der Waals surface area contributed by atoms with E-state index in [1.54, 1.807) is 0 Å². The lowest BCUT2D eigenvalue weighted by Crippen LogP contribution is -2.46. The van der Waals surface area contributed by atoms with E-state index in [9.17, 15) is 8.78 Å². The highest BCUT2D eigenvalue weighted by atomic mass is 35.5. The van der Waals surface area contributed by atoms with Crippen LogP contribution in [-0.2, 0) is 0 Å². The Morgan fingerprint density at radius 2 is 1.45 bits per heavy atom. The summed E-state index contributed by atoms with van der Waals surface area (Å²) in [6.07, 6.45) is 3.22. The lowest BCUT2D eigenvalue weighted by atomic mass is 10.00. The average Bonchev–Trinajstić information content (AvgIpc) is 3.43. The maximum absolute atomic E-state index is 14.2. The molecule has 1 saturated heterocycles. The summed E-state index contributed by atoms with van der Waals surface area (Å²) in [6.45, 7) is 3.63. The molecule has 38 heavy (non-hydrogen) atoms. The van der Waals surface area contributed by atoms with E-state index in [4.69, 9.17) is 16.6 Å². The van der Waals surface area contributed by atoms with Gasteiger partial charge in [-0.15, -0.1) is 0 Å². The van der Waals surface area contributed by atoms with E-state index >= 15 is 0 Å².